The zero-order valence-electron chi connectivity index (χ0n) is 16.4. The molecule has 156 valence electrons. The number of methoxy groups -OCH3 is 1. The largest absolute Gasteiger partial charge is 0.465 e. The van der Waals surface area contributed by atoms with E-state index in [9.17, 15) is 19.2 Å². The molecule has 0 aromatic carbocycles. The SMILES string of the molecule is COC(=O)c1cc(C)nc2nc(SCC(=O)c3ccc(CNC(C)=O)s3)[nH]c(=O)c12. The van der Waals surface area contributed by atoms with Gasteiger partial charge in [-0.25, -0.2) is 14.8 Å². The van der Waals surface area contributed by atoms with Crippen LogP contribution in [0.3, 0.4) is 0 Å². The van der Waals surface area contributed by atoms with Gasteiger partial charge in [-0.05, 0) is 25.1 Å². The molecule has 0 bridgehead atoms. The van der Waals surface area contributed by atoms with E-state index in [0.29, 0.717) is 17.1 Å². The standard InChI is InChI=1S/C19H18N4O5S2/c1-9-6-12(18(27)28-3)15-16(21-9)22-19(23-17(15)26)29-8-13(25)14-5-4-11(30-14)7-20-10(2)24/h4-6H,7-8H2,1-3H3,(H,20,24)(H,21,22,23,26). The number of Topliss-reactive ketones (excluding diaryl/α,β-unsaturated/α-hetero) is 1. The van der Waals surface area contributed by atoms with Gasteiger partial charge < -0.3 is 15.0 Å². The number of nitrogens with one attached hydrogen (secondary N) is 2. The van der Waals surface area contributed by atoms with Crippen LogP contribution in [0.5, 0.6) is 0 Å². The van der Waals surface area contributed by atoms with Crippen molar-refractivity contribution in [3.63, 3.8) is 0 Å². The molecule has 9 nitrogen and oxygen atoms in total. The van der Waals surface area contributed by atoms with Gasteiger partial charge in [-0.15, -0.1) is 11.3 Å². The summed E-state index contributed by atoms with van der Waals surface area (Å²) in [6.45, 7) is 3.48. The fraction of sp³-hybridized carbons (Fsp3) is 0.263. The number of rotatable bonds is 7. The van der Waals surface area contributed by atoms with Gasteiger partial charge in [-0.1, -0.05) is 11.8 Å². The Kier molecular flexibility index (Phi) is 6.63. The Labute approximate surface area is 179 Å². The van der Waals surface area contributed by atoms with Crippen LogP contribution >= 0.6 is 23.1 Å². The Morgan fingerprint density at radius 1 is 1.27 bits per heavy atom. The van der Waals surface area contributed by atoms with E-state index in [1.807, 2.05) is 0 Å². The van der Waals surface area contributed by atoms with Crippen molar-refractivity contribution in [2.75, 3.05) is 12.9 Å². The van der Waals surface area contributed by atoms with Crippen LogP contribution in [-0.4, -0.2) is 45.5 Å². The highest BCUT2D eigenvalue weighted by Gasteiger charge is 2.18. The molecule has 0 spiro atoms. The number of hydrogen-bond donors (Lipinski definition) is 2. The van der Waals surface area contributed by atoms with Gasteiger partial charge in [0, 0.05) is 17.5 Å². The highest BCUT2D eigenvalue weighted by molar-refractivity contribution is 7.99. The molecule has 30 heavy (non-hydrogen) atoms. The van der Waals surface area contributed by atoms with Crippen molar-refractivity contribution in [3.05, 3.63) is 49.6 Å². The first-order valence-corrected chi connectivity index (χ1v) is 10.6. The molecule has 0 saturated heterocycles. The maximum absolute atomic E-state index is 12.5. The Hall–Kier alpha value is -3.05. The highest BCUT2D eigenvalue weighted by atomic mass is 32.2. The molecule has 0 unspecified atom stereocenters. The van der Waals surface area contributed by atoms with Gasteiger partial charge in [0.25, 0.3) is 5.56 Å². The van der Waals surface area contributed by atoms with E-state index in [0.717, 1.165) is 16.6 Å². The number of pyridine rings is 1. The maximum atomic E-state index is 12.5. The lowest BCUT2D eigenvalue weighted by molar-refractivity contribution is -0.119. The second-order valence-corrected chi connectivity index (χ2v) is 8.39. The van der Waals surface area contributed by atoms with Gasteiger partial charge in [0.2, 0.25) is 5.91 Å². The van der Waals surface area contributed by atoms with Crippen LogP contribution < -0.4 is 10.9 Å². The molecule has 3 rings (SSSR count). The summed E-state index contributed by atoms with van der Waals surface area (Å²) < 4.78 is 4.73. The number of H-pyrrole nitrogens is 1. The number of thioether (sulfide) groups is 1. The molecule has 0 aliphatic heterocycles. The van der Waals surface area contributed by atoms with Crippen molar-refractivity contribution in [1.29, 1.82) is 0 Å². The van der Waals surface area contributed by atoms with Crippen LogP contribution in [0.1, 0.15) is 37.5 Å². The fourth-order valence-electron chi connectivity index (χ4n) is 2.62. The van der Waals surface area contributed by atoms with E-state index < -0.39 is 11.5 Å². The van der Waals surface area contributed by atoms with Crippen LogP contribution in [0.15, 0.2) is 28.2 Å². The first-order valence-electron chi connectivity index (χ1n) is 8.77. The minimum atomic E-state index is -0.652. The third-order valence-corrected chi connectivity index (χ3v) is 5.98. The zero-order valence-corrected chi connectivity index (χ0v) is 18.0. The van der Waals surface area contributed by atoms with Crippen LogP contribution in [0, 0.1) is 6.92 Å². The number of hydrogen-bond acceptors (Lipinski definition) is 9. The molecule has 3 aromatic heterocycles. The number of esters is 1. The molecule has 1 amide bonds. The average molecular weight is 447 g/mol. The molecule has 3 heterocycles. The first kappa shape index (κ1) is 21.7. The summed E-state index contributed by atoms with van der Waals surface area (Å²) in [7, 11) is 1.23. The van der Waals surface area contributed by atoms with Gasteiger partial charge in [0.05, 0.1) is 35.2 Å². The van der Waals surface area contributed by atoms with E-state index in [4.69, 9.17) is 4.74 Å². The van der Waals surface area contributed by atoms with Crippen molar-refractivity contribution in [2.45, 2.75) is 25.5 Å². The number of aromatic amines is 1. The van der Waals surface area contributed by atoms with Crippen molar-refractivity contribution in [2.24, 2.45) is 0 Å². The number of thiophene rings is 1. The van der Waals surface area contributed by atoms with Crippen LogP contribution in [0.25, 0.3) is 11.0 Å². The van der Waals surface area contributed by atoms with Crippen LogP contribution in [-0.2, 0) is 16.1 Å². The summed E-state index contributed by atoms with van der Waals surface area (Å²) in [5.74, 6) is -0.864. The molecule has 0 aliphatic carbocycles. The number of ether oxygens (including phenoxy) is 1. The number of nitrogens with zero attached hydrogens (tertiary/aromatic N) is 2. The lowest BCUT2D eigenvalue weighted by atomic mass is 10.1. The van der Waals surface area contributed by atoms with E-state index in [2.05, 4.69) is 20.3 Å². The average Bonchev–Trinajstić information content (AvgIpc) is 3.18. The molecule has 0 aliphatic rings. The number of ketones is 1. The first-order chi connectivity index (χ1) is 14.3. The number of aromatic nitrogens is 3. The van der Waals surface area contributed by atoms with Crippen molar-refractivity contribution < 1.29 is 19.1 Å². The highest BCUT2D eigenvalue weighted by Crippen LogP contribution is 2.22. The summed E-state index contributed by atoms with van der Waals surface area (Å²) in [5, 5.41) is 2.95. The van der Waals surface area contributed by atoms with Crippen LogP contribution in [0.4, 0.5) is 0 Å². The predicted octanol–water partition coefficient (Wildman–Crippen LogP) is 2.09. The molecule has 3 aromatic rings. The molecular weight excluding hydrogens is 428 g/mol. The lowest BCUT2D eigenvalue weighted by Gasteiger charge is -2.06. The summed E-state index contributed by atoms with van der Waals surface area (Å²) in [6.07, 6.45) is 0. The van der Waals surface area contributed by atoms with Crippen molar-refractivity contribution in [1.82, 2.24) is 20.3 Å². The minimum absolute atomic E-state index is 0.0454. The van der Waals surface area contributed by atoms with E-state index in [1.54, 1.807) is 19.1 Å². The third-order valence-electron chi connectivity index (χ3n) is 3.98. The normalized spacial score (nSPS) is 10.8. The molecule has 0 saturated carbocycles. The summed E-state index contributed by atoms with van der Waals surface area (Å²) >= 11 is 2.37. The number of carbonyl (C=O) groups is 3. The van der Waals surface area contributed by atoms with Gasteiger partial charge in [0.15, 0.2) is 16.6 Å². The number of carbonyl (C=O) groups excluding carboxylic acids is 3. The minimum Gasteiger partial charge on any atom is -0.465 e. The third kappa shape index (κ3) is 4.92. The van der Waals surface area contributed by atoms with Gasteiger partial charge in [-0.2, -0.15) is 0 Å². The van der Waals surface area contributed by atoms with E-state index in [-0.39, 0.29) is 39.2 Å². The topological polar surface area (TPSA) is 131 Å². The molecule has 0 radical (unpaired) electrons. The quantitative estimate of drug-likeness (QED) is 0.244. The Morgan fingerprint density at radius 3 is 2.73 bits per heavy atom. The number of fused-ring (bicyclic) bond motifs is 1. The predicted molar refractivity (Wildman–Crippen MR) is 113 cm³/mol. The molecule has 0 fully saturated rings. The van der Waals surface area contributed by atoms with E-state index >= 15 is 0 Å². The number of amides is 1. The Bertz CT molecular complexity index is 1200. The van der Waals surface area contributed by atoms with Crippen molar-refractivity contribution >= 4 is 51.8 Å². The summed E-state index contributed by atoms with van der Waals surface area (Å²) in [4.78, 5) is 60.5. The smallest absolute Gasteiger partial charge is 0.338 e. The van der Waals surface area contributed by atoms with E-state index in [1.165, 1.54) is 31.4 Å². The maximum Gasteiger partial charge on any atom is 0.338 e. The lowest BCUT2D eigenvalue weighted by Crippen LogP contribution is -2.18. The van der Waals surface area contributed by atoms with Gasteiger partial charge in [0.1, 0.15) is 0 Å². The van der Waals surface area contributed by atoms with Crippen molar-refractivity contribution in [3.8, 4) is 0 Å². The van der Waals surface area contributed by atoms with Gasteiger partial charge >= 0.3 is 5.97 Å². The monoisotopic (exact) mass is 446 g/mol. The molecule has 0 atom stereocenters. The second-order valence-electron chi connectivity index (χ2n) is 6.26. The fourth-order valence-corrected chi connectivity index (χ4v) is 4.34. The van der Waals surface area contributed by atoms with Crippen LogP contribution in [0.2, 0.25) is 0 Å². The Morgan fingerprint density at radius 2 is 2.03 bits per heavy atom. The number of aryl methyl sites for hydroxylation is 1. The second kappa shape index (κ2) is 9.18. The molecular formula is C19H18N4O5S2. The Balaban J connectivity index is 1.78. The summed E-state index contributed by atoms with van der Waals surface area (Å²) in [5.41, 5.74) is 0.185. The summed E-state index contributed by atoms with van der Waals surface area (Å²) in [6, 6.07) is 4.96. The van der Waals surface area contributed by atoms with Gasteiger partial charge in [-0.3, -0.25) is 14.4 Å². The molecule has 2 N–H and O–H groups in total. The molecule has 11 heteroatoms. The zero-order chi connectivity index (χ0) is 21.8.